The van der Waals surface area contributed by atoms with Gasteiger partial charge in [-0.15, -0.1) is 0 Å². The first-order valence-corrected chi connectivity index (χ1v) is 14.9. The van der Waals surface area contributed by atoms with Gasteiger partial charge < -0.3 is 30.9 Å². The van der Waals surface area contributed by atoms with Crippen LogP contribution in [0.15, 0.2) is 48.5 Å². The van der Waals surface area contributed by atoms with Gasteiger partial charge in [-0.1, -0.05) is 44.2 Å². The predicted octanol–water partition coefficient (Wildman–Crippen LogP) is 2.12. The Morgan fingerprint density at radius 1 is 0.925 bits per heavy atom. The first kappa shape index (κ1) is 31.8. The average Bonchev–Trinajstić information content (AvgIpc) is 2.91. The maximum absolute atomic E-state index is 13.6. The first-order chi connectivity index (χ1) is 19.1. The molecule has 1 aliphatic heterocycles. The van der Waals surface area contributed by atoms with Crippen molar-refractivity contribution in [1.82, 2.24) is 26.2 Å². The minimum Gasteiger partial charge on any atom is -0.492 e. The van der Waals surface area contributed by atoms with Gasteiger partial charge in [0.15, 0.2) is 0 Å². The molecule has 0 aliphatic carbocycles. The molecule has 40 heavy (non-hydrogen) atoms. The molecule has 0 fully saturated rings. The molecule has 0 bridgehead atoms. The second kappa shape index (κ2) is 15.9. The van der Waals surface area contributed by atoms with E-state index in [1.807, 2.05) is 81.4 Å². The zero-order chi connectivity index (χ0) is 29.1. The average molecular weight is 664 g/mol. The molecule has 3 amide bonds. The number of rotatable bonds is 5. The number of carbonyl (C=O) groups is 3. The number of likely N-dealkylation sites (N-methyl/N-ethyl adjacent to an activating group) is 1. The summed E-state index contributed by atoms with van der Waals surface area (Å²) in [6.45, 7) is 5.40. The highest BCUT2D eigenvalue weighted by molar-refractivity contribution is 14.1. The van der Waals surface area contributed by atoms with E-state index in [1.54, 1.807) is 0 Å². The molecule has 0 saturated heterocycles. The topological polar surface area (TPSA) is 112 Å². The first-order valence-electron chi connectivity index (χ1n) is 13.9. The molecule has 0 unspecified atom stereocenters. The summed E-state index contributed by atoms with van der Waals surface area (Å²) in [6, 6.07) is 13.8. The van der Waals surface area contributed by atoms with Gasteiger partial charge in [0.25, 0.3) is 0 Å². The third-order valence-electron chi connectivity index (χ3n) is 6.74. The number of hydrogen-bond acceptors (Lipinski definition) is 6. The highest BCUT2D eigenvalue weighted by Crippen LogP contribution is 2.19. The maximum Gasteiger partial charge on any atom is 0.243 e. The van der Waals surface area contributed by atoms with Crippen molar-refractivity contribution in [2.75, 3.05) is 40.3 Å². The van der Waals surface area contributed by atoms with E-state index in [9.17, 15) is 14.4 Å². The number of carbonyl (C=O) groups excluding carboxylic acids is 3. The molecule has 10 heteroatoms. The number of halogens is 1. The van der Waals surface area contributed by atoms with Crippen molar-refractivity contribution in [1.29, 1.82) is 0 Å². The second-order valence-corrected chi connectivity index (χ2v) is 12.0. The summed E-state index contributed by atoms with van der Waals surface area (Å²) >= 11 is 2.25. The molecule has 0 saturated carbocycles. The van der Waals surface area contributed by atoms with Crippen LogP contribution >= 0.6 is 22.6 Å². The lowest BCUT2D eigenvalue weighted by Gasteiger charge is -2.28. The molecule has 0 radical (unpaired) electrons. The Bertz CT molecular complexity index is 1130. The number of aryl methyl sites for hydroxylation is 1. The van der Waals surface area contributed by atoms with Crippen molar-refractivity contribution in [2.45, 2.75) is 51.2 Å². The number of hydrogen-bond donors (Lipinski definition) is 4. The summed E-state index contributed by atoms with van der Waals surface area (Å²) < 4.78 is 7.20. The molecule has 0 spiro atoms. The number of nitrogens with one attached hydrogen (secondary N) is 4. The van der Waals surface area contributed by atoms with Crippen LogP contribution in [0.5, 0.6) is 5.75 Å². The SMILES string of the molecule is CC(C)[C@H]1NC(=O)[C@@H](Cc2ccc(I)cc2)NCCOc2ccccc2CCCNC(=O)[C@H](CN(C)C)NC1=O. The Morgan fingerprint density at radius 2 is 1.65 bits per heavy atom. The molecule has 1 aliphatic rings. The lowest BCUT2D eigenvalue weighted by atomic mass is 10.0. The molecule has 9 nitrogen and oxygen atoms in total. The third kappa shape index (κ3) is 10.0. The van der Waals surface area contributed by atoms with E-state index in [4.69, 9.17) is 4.74 Å². The van der Waals surface area contributed by atoms with Crippen LogP contribution in [0.1, 0.15) is 31.4 Å². The zero-order valence-electron chi connectivity index (χ0n) is 23.8. The summed E-state index contributed by atoms with van der Waals surface area (Å²) in [6.07, 6.45) is 1.93. The van der Waals surface area contributed by atoms with E-state index in [2.05, 4.69) is 43.9 Å². The lowest BCUT2D eigenvalue weighted by molar-refractivity contribution is -0.133. The van der Waals surface area contributed by atoms with Crippen molar-refractivity contribution in [3.63, 3.8) is 0 Å². The summed E-state index contributed by atoms with van der Waals surface area (Å²) in [5, 5.41) is 12.2. The zero-order valence-corrected chi connectivity index (χ0v) is 26.0. The largest absolute Gasteiger partial charge is 0.492 e. The molecule has 3 atom stereocenters. The lowest BCUT2D eigenvalue weighted by Crippen LogP contribution is -2.59. The van der Waals surface area contributed by atoms with Crippen LogP contribution in [0.2, 0.25) is 0 Å². The predicted molar refractivity (Wildman–Crippen MR) is 165 cm³/mol. The van der Waals surface area contributed by atoms with Crippen LogP contribution in [-0.2, 0) is 27.2 Å². The van der Waals surface area contributed by atoms with Crippen LogP contribution in [0.25, 0.3) is 0 Å². The van der Waals surface area contributed by atoms with Gasteiger partial charge in [-0.25, -0.2) is 0 Å². The number of fused-ring (bicyclic) bond motifs is 1. The Kier molecular flexibility index (Phi) is 12.7. The van der Waals surface area contributed by atoms with Crippen molar-refractivity contribution in [2.24, 2.45) is 5.92 Å². The standard InChI is InChI=1S/C30H42IN5O4/c1-20(2)27-30(39)34-25(19-36(3)4)28(37)33-15-7-9-22-8-5-6-10-26(22)40-17-16-32-24(29(38)35-27)18-21-11-13-23(31)14-12-21/h5-6,8,10-14,20,24-25,27,32H,7,9,15-19H2,1-4H3,(H,33,37)(H,34,39)(H,35,38)/t24-,25+,27-/m1/s1. The molecular weight excluding hydrogens is 621 g/mol. The van der Waals surface area contributed by atoms with Gasteiger partial charge in [-0.3, -0.25) is 14.4 Å². The van der Waals surface area contributed by atoms with E-state index in [-0.39, 0.29) is 23.6 Å². The quantitative estimate of drug-likeness (QED) is 0.365. The second-order valence-electron chi connectivity index (χ2n) is 10.7. The molecule has 2 aromatic carbocycles. The smallest absolute Gasteiger partial charge is 0.243 e. The van der Waals surface area contributed by atoms with Crippen LogP contribution in [0.4, 0.5) is 0 Å². The summed E-state index contributed by atoms with van der Waals surface area (Å²) in [5.74, 6) is -0.288. The minimum absolute atomic E-state index is 0.184. The minimum atomic E-state index is -0.798. The normalized spacial score (nSPS) is 21.9. The van der Waals surface area contributed by atoms with E-state index >= 15 is 0 Å². The Labute approximate surface area is 251 Å². The monoisotopic (exact) mass is 663 g/mol. The molecule has 218 valence electrons. The van der Waals surface area contributed by atoms with Gasteiger partial charge in [0.2, 0.25) is 17.7 Å². The summed E-state index contributed by atoms with van der Waals surface area (Å²) in [7, 11) is 3.70. The van der Waals surface area contributed by atoms with Gasteiger partial charge in [0, 0.05) is 23.2 Å². The van der Waals surface area contributed by atoms with Crippen LogP contribution < -0.4 is 26.0 Å². The van der Waals surface area contributed by atoms with Crippen LogP contribution in [0.3, 0.4) is 0 Å². The highest BCUT2D eigenvalue weighted by Gasteiger charge is 2.31. The third-order valence-corrected chi connectivity index (χ3v) is 7.46. The fourth-order valence-corrected chi connectivity index (χ4v) is 4.94. The fourth-order valence-electron chi connectivity index (χ4n) is 4.58. The van der Waals surface area contributed by atoms with E-state index in [0.29, 0.717) is 32.7 Å². The van der Waals surface area contributed by atoms with Gasteiger partial charge in [0.1, 0.15) is 24.4 Å². The maximum atomic E-state index is 13.6. The number of nitrogens with zero attached hydrogens (tertiary/aromatic N) is 1. The van der Waals surface area contributed by atoms with Crippen molar-refractivity contribution >= 4 is 40.3 Å². The van der Waals surface area contributed by atoms with Crippen molar-refractivity contribution in [3.8, 4) is 5.75 Å². The number of benzene rings is 2. The van der Waals surface area contributed by atoms with Crippen LogP contribution in [0, 0.1) is 9.49 Å². The highest BCUT2D eigenvalue weighted by atomic mass is 127. The number of ether oxygens (including phenoxy) is 1. The molecule has 1 heterocycles. The van der Waals surface area contributed by atoms with Crippen molar-refractivity contribution in [3.05, 3.63) is 63.2 Å². The Hall–Kier alpha value is -2.70. The van der Waals surface area contributed by atoms with Gasteiger partial charge >= 0.3 is 0 Å². The summed E-state index contributed by atoms with van der Waals surface area (Å²) in [4.78, 5) is 41.9. The Balaban J connectivity index is 1.86. The summed E-state index contributed by atoms with van der Waals surface area (Å²) in [5.41, 5.74) is 2.07. The fraction of sp³-hybridized carbons (Fsp3) is 0.500. The molecular formula is C30H42IN5O4. The van der Waals surface area contributed by atoms with Crippen LogP contribution in [-0.4, -0.2) is 81.1 Å². The molecule has 3 rings (SSSR count). The van der Waals surface area contributed by atoms with E-state index in [1.165, 1.54) is 0 Å². The van der Waals surface area contributed by atoms with Gasteiger partial charge in [0.05, 0.1) is 6.04 Å². The Morgan fingerprint density at radius 3 is 2.35 bits per heavy atom. The van der Waals surface area contributed by atoms with Gasteiger partial charge in [-0.05, 0) is 91.2 Å². The van der Waals surface area contributed by atoms with E-state index < -0.39 is 18.1 Å². The number of amides is 3. The van der Waals surface area contributed by atoms with Crippen molar-refractivity contribution < 1.29 is 19.1 Å². The molecule has 4 N–H and O–H groups in total. The van der Waals surface area contributed by atoms with E-state index in [0.717, 1.165) is 33.3 Å². The molecule has 0 aromatic heterocycles. The number of para-hydroxylation sites is 1. The molecule has 2 aromatic rings. The van der Waals surface area contributed by atoms with Gasteiger partial charge in [-0.2, -0.15) is 0 Å².